The predicted octanol–water partition coefficient (Wildman–Crippen LogP) is 2.22. The Hall–Kier alpha value is -2.02. The number of amides is 2. The summed E-state index contributed by atoms with van der Waals surface area (Å²) in [6.45, 7) is 7.90. The number of aromatic amines is 1. The number of hydrogen-bond donors (Lipinski definition) is 2. The highest BCUT2D eigenvalue weighted by Gasteiger charge is 2.27. The molecule has 2 aliphatic heterocycles. The van der Waals surface area contributed by atoms with E-state index in [1.165, 1.54) is 0 Å². The average molecular weight is 349 g/mol. The first-order valence-electron chi connectivity index (χ1n) is 8.90. The molecule has 1 fully saturated rings. The molecule has 0 spiro atoms. The van der Waals surface area contributed by atoms with Crippen LogP contribution in [0, 0.1) is 0 Å². The lowest BCUT2D eigenvalue weighted by Crippen LogP contribution is -2.39. The van der Waals surface area contributed by atoms with Crippen LogP contribution in [0.15, 0.2) is 6.07 Å². The summed E-state index contributed by atoms with van der Waals surface area (Å²) in [6, 6.07) is 1.88. The summed E-state index contributed by atoms with van der Waals surface area (Å²) in [5.74, 6) is -0.131. The maximum Gasteiger partial charge on any atom is 0.410 e. The molecule has 2 N–H and O–H groups in total. The number of H-pyrrole nitrogens is 1. The molecule has 1 saturated heterocycles. The van der Waals surface area contributed by atoms with Crippen molar-refractivity contribution in [2.45, 2.75) is 58.3 Å². The molecule has 1 aromatic rings. The number of carbonyl (C=O) groups is 2. The summed E-state index contributed by atoms with van der Waals surface area (Å²) in [5, 5.41) is 2.91. The summed E-state index contributed by atoms with van der Waals surface area (Å²) in [5.41, 5.74) is 2.01. The van der Waals surface area contributed by atoms with Crippen LogP contribution in [0.3, 0.4) is 0 Å². The second-order valence-electron chi connectivity index (χ2n) is 7.68. The Balaban J connectivity index is 1.58. The van der Waals surface area contributed by atoms with Crippen LogP contribution in [0.5, 0.6) is 0 Å². The van der Waals surface area contributed by atoms with Crippen molar-refractivity contribution in [3.63, 3.8) is 0 Å². The molecular formula is C18H27N3O4. The van der Waals surface area contributed by atoms with Crippen LogP contribution in [0.4, 0.5) is 4.79 Å². The van der Waals surface area contributed by atoms with Gasteiger partial charge in [-0.3, -0.25) is 4.79 Å². The zero-order chi connectivity index (χ0) is 18.0. The molecule has 2 amide bonds. The normalized spacial score (nSPS) is 20.3. The van der Waals surface area contributed by atoms with E-state index >= 15 is 0 Å². The van der Waals surface area contributed by atoms with Gasteiger partial charge in [-0.05, 0) is 51.7 Å². The molecule has 0 radical (unpaired) electrons. The molecule has 2 aliphatic rings. The van der Waals surface area contributed by atoms with Crippen molar-refractivity contribution in [2.75, 3.05) is 19.7 Å². The summed E-state index contributed by atoms with van der Waals surface area (Å²) < 4.78 is 10.9. The molecule has 3 heterocycles. The third kappa shape index (κ3) is 4.54. The van der Waals surface area contributed by atoms with Gasteiger partial charge in [0.2, 0.25) is 0 Å². The van der Waals surface area contributed by atoms with Gasteiger partial charge >= 0.3 is 6.09 Å². The lowest BCUT2D eigenvalue weighted by Gasteiger charge is -2.29. The van der Waals surface area contributed by atoms with Crippen molar-refractivity contribution in [1.82, 2.24) is 15.2 Å². The van der Waals surface area contributed by atoms with Gasteiger partial charge in [-0.25, -0.2) is 4.79 Å². The average Bonchev–Trinajstić information content (AvgIpc) is 3.19. The Morgan fingerprint density at radius 1 is 1.44 bits per heavy atom. The molecule has 1 unspecified atom stereocenters. The minimum Gasteiger partial charge on any atom is -0.444 e. The van der Waals surface area contributed by atoms with Crippen LogP contribution in [0.25, 0.3) is 0 Å². The van der Waals surface area contributed by atoms with Gasteiger partial charge in [-0.15, -0.1) is 0 Å². The molecular weight excluding hydrogens is 322 g/mol. The molecule has 0 aliphatic carbocycles. The molecule has 0 bridgehead atoms. The second-order valence-corrected chi connectivity index (χ2v) is 7.68. The van der Waals surface area contributed by atoms with E-state index in [-0.39, 0.29) is 18.1 Å². The van der Waals surface area contributed by atoms with Crippen molar-refractivity contribution in [1.29, 1.82) is 0 Å². The summed E-state index contributed by atoms with van der Waals surface area (Å²) in [7, 11) is 0. The fourth-order valence-electron chi connectivity index (χ4n) is 3.14. The number of nitrogens with one attached hydrogen (secondary N) is 2. The fourth-order valence-corrected chi connectivity index (χ4v) is 3.14. The second kappa shape index (κ2) is 7.07. The largest absolute Gasteiger partial charge is 0.444 e. The predicted molar refractivity (Wildman–Crippen MR) is 92.4 cm³/mol. The Morgan fingerprint density at radius 2 is 2.24 bits per heavy atom. The summed E-state index contributed by atoms with van der Waals surface area (Å²) in [4.78, 5) is 29.3. The zero-order valence-electron chi connectivity index (χ0n) is 15.2. The number of hydrogen-bond acceptors (Lipinski definition) is 4. The van der Waals surface area contributed by atoms with Crippen LogP contribution in [0.2, 0.25) is 0 Å². The monoisotopic (exact) mass is 349 g/mol. The smallest absolute Gasteiger partial charge is 0.410 e. The van der Waals surface area contributed by atoms with E-state index in [0.717, 1.165) is 30.7 Å². The first-order chi connectivity index (χ1) is 11.8. The quantitative estimate of drug-likeness (QED) is 0.876. The number of nitrogens with zero attached hydrogens (tertiary/aromatic N) is 1. The number of rotatable bonds is 3. The first-order valence-corrected chi connectivity index (χ1v) is 8.90. The van der Waals surface area contributed by atoms with E-state index in [1.807, 2.05) is 26.8 Å². The number of carbonyl (C=O) groups excluding carboxylic acids is 2. The van der Waals surface area contributed by atoms with Crippen molar-refractivity contribution >= 4 is 12.0 Å². The first kappa shape index (κ1) is 17.8. The molecule has 7 heteroatoms. The molecule has 3 rings (SSSR count). The van der Waals surface area contributed by atoms with Gasteiger partial charge in [-0.1, -0.05) is 0 Å². The van der Waals surface area contributed by atoms with Gasteiger partial charge in [0, 0.05) is 25.4 Å². The number of aromatic nitrogens is 1. The number of fused-ring (bicyclic) bond motifs is 1. The minimum absolute atomic E-state index is 0.121. The molecule has 0 saturated carbocycles. The topological polar surface area (TPSA) is 83.7 Å². The van der Waals surface area contributed by atoms with E-state index < -0.39 is 5.60 Å². The highest BCUT2D eigenvalue weighted by Crippen LogP contribution is 2.22. The van der Waals surface area contributed by atoms with Gasteiger partial charge in [0.15, 0.2) is 0 Å². The molecule has 1 atom stereocenters. The van der Waals surface area contributed by atoms with Crippen molar-refractivity contribution < 1.29 is 19.1 Å². The Kier molecular flexibility index (Phi) is 5.03. The fraction of sp³-hybridized carbons (Fsp3) is 0.667. The Bertz CT molecular complexity index is 641. The number of ether oxygens (including phenoxy) is 2. The van der Waals surface area contributed by atoms with Gasteiger partial charge < -0.3 is 24.7 Å². The standard InChI is InChI=1S/C18H27N3O4/c1-18(2,3)25-17(23)21-7-6-12-9-14(20-15(12)11-21)16(22)19-10-13-5-4-8-24-13/h9,13,20H,4-8,10-11H2,1-3H3,(H,19,22). The molecule has 1 aromatic heterocycles. The maximum absolute atomic E-state index is 12.3. The Labute approximate surface area is 148 Å². The van der Waals surface area contributed by atoms with Gasteiger partial charge in [0.1, 0.15) is 11.3 Å². The third-order valence-electron chi connectivity index (χ3n) is 4.40. The van der Waals surface area contributed by atoms with Crippen LogP contribution in [0.1, 0.15) is 55.4 Å². The van der Waals surface area contributed by atoms with E-state index in [2.05, 4.69) is 10.3 Å². The van der Waals surface area contributed by atoms with Crippen LogP contribution in [-0.2, 0) is 22.4 Å². The molecule has 7 nitrogen and oxygen atoms in total. The van der Waals surface area contributed by atoms with Gasteiger partial charge in [0.25, 0.3) is 5.91 Å². The van der Waals surface area contributed by atoms with Crippen LogP contribution in [-0.4, -0.2) is 53.3 Å². The van der Waals surface area contributed by atoms with Gasteiger partial charge in [0.05, 0.1) is 12.6 Å². The van der Waals surface area contributed by atoms with Crippen LogP contribution >= 0.6 is 0 Å². The molecule has 0 aromatic carbocycles. The highest BCUT2D eigenvalue weighted by molar-refractivity contribution is 5.92. The maximum atomic E-state index is 12.3. The van der Waals surface area contributed by atoms with Crippen molar-refractivity contribution in [3.8, 4) is 0 Å². The lowest BCUT2D eigenvalue weighted by atomic mass is 10.1. The molecule has 138 valence electrons. The van der Waals surface area contributed by atoms with Crippen molar-refractivity contribution in [3.05, 3.63) is 23.0 Å². The Morgan fingerprint density at radius 3 is 2.92 bits per heavy atom. The third-order valence-corrected chi connectivity index (χ3v) is 4.40. The SMILES string of the molecule is CC(C)(C)OC(=O)N1CCc2cc(C(=O)NCC3CCCO3)[nH]c2C1. The minimum atomic E-state index is -0.513. The van der Waals surface area contributed by atoms with Crippen LogP contribution < -0.4 is 5.32 Å². The summed E-state index contributed by atoms with van der Waals surface area (Å²) >= 11 is 0. The van der Waals surface area contributed by atoms with E-state index in [0.29, 0.717) is 31.7 Å². The lowest BCUT2D eigenvalue weighted by molar-refractivity contribution is 0.0221. The van der Waals surface area contributed by atoms with Gasteiger partial charge in [-0.2, -0.15) is 0 Å². The summed E-state index contributed by atoms with van der Waals surface area (Å²) in [6.07, 6.45) is 2.56. The molecule has 25 heavy (non-hydrogen) atoms. The van der Waals surface area contributed by atoms with E-state index in [1.54, 1.807) is 4.90 Å². The zero-order valence-corrected chi connectivity index (χ0v) is 15.2. The van der Waals surface area contributed by atoms with Crippen molar-refractivity contribution in [2.24, 2.45) is 0 Å². The highest BCUT2D eigenvalue weighted by atomic mass is 16.6. The van der Waals surface area contributed by atoms with E-state index in [4.69, 9.17) is 9.47 Å². The van der Waals surface area contributed by atoms with E-state index in [9.17, 15) is 9.59 Å².